The van der Waals surface area contributed by atoms with Crippen molar-refractivity contribution in [2.45, 2.75) is 54.4 Å². The van der Waals surface area contributed by atoms with Crippen molar-refractivity contribution in [3.8, 4) is 34.5 Å². The Morgan fingerprint density at radius 3 is 1.80 bits per heavy atom. The third-order valence-electron chi connectivity index (χ3n) is 6.38. The van der Waals surface area contributed by atoms with Crippen LogP contribution in [-0.4, -0.2) is 11.9 Å². The molecule has 0 atom stereocenters. The zero-order chi connectivity index (χ0) is 29.0. The summed E-state index contributed by atoms with van der Waals surface area (Å²) >= 11 is 6.42. The predicted octanol–water partition coefficient (Wildman–Crippen LogP) is 9.35. The molecule has 0 aliphatic carbocycles. The fourth-order valence-electron chi connectivity index (χ4n) is 4.44. The Morgan fingerprint density at radius 1 is 0.750 bits per heavy atom. The van der Waals surface area contributed by atoms with Crippen molar-refractivity contribution in [2.75, 3.05) is 0 Å². The maximum Gasteiger partial charge on any atom is 0.317 e. The molecule has 0 amide bonds. The maximum atomic E-state index is 13.6. The molecule has 0 fully saturated rings. The molecule has 4 aromatic carbocycles. The van der Waals surface area contributed by atoms with Crippen LogP contribution in [0.4, 0.5) is 0 Å². The summed E-state index contributed by atoms with van der Waals surface area (Å²) in [5.41, 5.74) is 1.16. The number of fused-ring (bicyclic) bond motifs is 1. The standard InChI is InChI=1S/C33H33ClO6/c1-7-16-33(5,6)32(36)40-29-27-19-23(34)14-15-26(27)28(37-22(4)35)30(38-24-12-8-10-20(2)17-24)31(29)39-25-13-9-11-21(3)18-25/h8-15,17-19H,7,16H2,1-6H3. The smallest absolute Gasteiger partial charge is 0.317 e. The molecule has 0 aromatic heterocycles. The van der Waals surface area contributed by atoms with E-state index in [-0.39, 0.29) is 23.0 Å². The molecule has 0 N–H and O–H groups in total. The Balaban J connectivity index is 2.07. The minimum absolute atomic E-state index is 0.0822. The van der Waals surface area contributed by atoms with Gasteiger partial charge in [-0.05, 0) is 87.7 Å². The third-order valence-corrected chi connectivity index (χ3v) is 6.61. The van der Waals surface area contributed by atoms with E-state index < -0.39 is 17.4 Å². The monoisotopic (exact) mass is 560 g/mol. The lowest BCUT2D eigenvalue weighted by atomic mass is 9.88. The minimum Gasteiger partial charge on any atom is -0.449 e. The molecule has 40 heavy (non-hydrogen) atoms. The average molecular weight is 561 g/mol. The van der Waals surface area contributed by atoms with Crippen molar-refractivity contribution in [2.24, 2.45) is 5.41 Å². The number of hydrogen-bond acceptors (Lipinski definition) is 6. The number of esters is 2. The van der Waals surface area contributed by atoms with Crippen LogP contribution >= 0.6 is 11.6 Å². The molecule has 208 valence electrons. The van der Waals surface area contributed by atoms with Crippen LogP contribution in [0.1, 0.15) is 51.7 Å². The van der Waals surface area contributed by atoms with Gasteiger partial charge in [-0.3, -0.25) is 9.59 Å². The van der Waals surface area contributed by atoms with Crippen molar-refractivity contribution < 1.29 is 28.5 Å². The van der Waals surface area contributed by atoms with E-state index in [0.717, 1.165) is 17.5 Å². The van der Waals surface area contributed by atoms with Gasteiger partial charge in [0.25, 0.3) is 0 Å². The molecule has 0 saturated heterocycles. The highest BCUT2D eigenvalue weighted by molar-refractivity contribution is 6.31. The van der Waals surface area contributed by atoms with Gasteiger partial charge in [0.05, 0.1) is 5.41 Å². The third kappa shape index (κ3) is 6.57. The predicted molar refractivity (Wildman–Crippen MR) is 157 cm³/mol. The maximum absolute atomic E-state index is 13.6. The molecule has 0 radical (unpaired) electrons. The fraction of sp³-hybridized carbons (Fsp3) is 0.273. The molecule has 0 saturated carbocycles. The zero-order valence-corrected chi connectivity index (χ0v) is 24.3. The summed E-state index contributed by atoms with van der Waals surface area (Å²) in [5.74, 6) is 0.385. The van der Waals surface area contributed by atoms with E-state index in [4.69, 9.17) is 30.5 Å². The van der Waals surface area contributed by atoms with Gasteiger partial charge < -0.3 is 18.9 Å². The van der Waals surface area contributed by atoms with E-state index >= 15 is 0 Å². The highest BCUT2D eigenvalue weighted by Crippen LogP contribution is 2.55. The number of rotatable bonds is 9. The van der Waals surface area contributed by atoms with Crippen LogP contribution in [0.2, 0.25) is 5.02 Å². The van der Waals surface area contributed by atoms with Crippen LogP contribution in [0.15, 0.2) is 66.7 Å². The highest BCUT2D eigenvalue weighted by Gasteiger charge is 2.33. The lowest BCUT2D eigenvalue weighted by Crippen LogP contribution is -2.29. The number of carbonyl (C=O) groups excluding carboxylic acids is 2. The van der Waals surface area contributed by atoms with Crippen LogP contribution < -0.4 is 18.9 Å². The van der Waals surface area contributed by atoms with Crippen molar-refractivity contribution >= 4 is 34.3 Å². The summed E-state index contributed by atoms with van der Waals surface area (Å²) in [5, 5.41) is 1.30. The number of aryl methyl sites for hydroxylation is 2. The van der Waals surface area contributed by atoms with Crippen LogP contribution in [0.5, 0.6) is 34.5 Å². The second kappa shape index (κ2) is 12.0. The van der Waals surface area contributed by atoms with Gasteiger partial charge in [0.2, 0.25) is 11.5 Å². The number of carbonyl (C=O) groups is 2. The van der Waals surface area contributed by atoms with Gasteiger partial charge in [-0.2, -0.15) is 0 Å². The molecule has 4 rings (SSSR count). The van der Waals surface area contributed by atoms with Gasteiger partial charge in [0.1, 0.15) is 11.5 Å². The molecule has 0 heterocycles. The lowest BCUT2D eigenvalue weighted by molar-refractivity contribution is -0.144. The van der Waals surface area contributed by atoms with Gasteiger partial charge in [-0.25, -0.2) is 0 Å². The number of hydrogen-bond donors (Lipinski definition) is 0. The molecule has 6 nitrogen and oxygen atoms in total. The Kier molecular flexibility index (Phi) is 8.70. The first-order chi connectivity index (χ1) is 19.0. The molecular formula is C33H33ClO6. The van der Waals surface area contributed by atoms with Gasteiger partial charge in [-0.1, -0.05) is 49.2 Å². The Morgan fingerprint density at radius 2 is 1.30 bits per heavy atom. The minimum atomic E-state index is -0.771. The van der Waals surface area contributed by atoms with Gasteiger partial charge in [-0.15, -0.1) is 0 Å². The van der Waals surface area contributed by atoms with Crippen molar-refractivity contribution in [1.29, 1.82) is 0 Å². The molecule has 0 bridgehead atoms. The number of ether oxygens (including phenoxy) is 4. The molecule has 0 unspecified atom stereocenters. The van der Waals surface area contributed by atoms with E-state index in [9.17, 15) is 9.59 Å². The van der Waals surface area contributed by atoms with Gasteiger partial charge in [0, 0.05) is 22.7 Å². The molecule has 0 aliphatic heterocycles. The normalized spacial score (nSPS) is 11.3. The van der Waals surface area contributed by atoms with E-state index in [1.54, 1.807) is 30.3 Å². The second-order valence-electron chi connectivity index (χ2n) is 10.5. The Labute approximate surface area is 239 Å². The van der Waals surface area contributed by atoms with E-state index in [1.165, 1.54) is 6.92 Å². The Hall–Kier alpha value is -4.03. The summed E-state index contributed by atoms with van der Waals surface area (Å²) in [7, 11) is 0. The zero-order valence-electron chi connectivity index (χ0n) is 23.6. The number of halogens is 1. The topological polar surface area (TPSA) is 71.1 Å². The van der Waals surface area contributed by atoms with Crippen molar-refractivity contribution in [1.82, 2.24) is 0 Å². The SMILES string of the molecule is CCCC(C)(C)C(=O)Oc1c(Oc2cccc(C)c2)c(Oc2cccc(C)c2)c(OC(C)=O)c2ccc(Cl)cc12. The summed E-state index contributed by atoms with van der Waals surface area (Å²) < 4.78 is 24.7. The first-order valence-corrected chi connectivity index (χ1v) is 13.5. The van der Waals surface area contributed by atoms with Gasteiger partial charge >= 0.3 is 11.9 Å². The summed E-state index contributed by atoms with van der Waals surface area (Å²) in [4.78, 5) is 25.9. The summed E-state index contributed by atoms with van der Waals surface area (Å²) in [6, 6.07) is 19.9. The second-order valence-corrected chi connectivity index (χ2v) is 10.9. The largest absolute Gasteiger partial charge is 0.449 e. The Bertz CT molecular complexity index is 1570. The van der Waals surface area contributed by atoms with Crippen LogP contribution in [0.25, 0.3) is 10.8 Å². The van der Waals surface area contributed by atoms with Crippen LogP contribution in [-0.2, 0) is 9.59 Å². The first kappa shape index (κ1) is 29.0. The van der Waals surface area contributed by atoms with Crippen molar-refractivity contribution in [3.05, 3.63) is 82.9 Å². The fourth-order valence-corrected chi connectivity index (χ4v) is 4.61. The van der Waals surface area contributed by atoms with Crippen LogP contribution in [0, 0.1) is 19.3 Å². The van der Waals surface area contributed by atoms with E-state index in [0.29, 0.717) is 33.7 Å². The first-order valence-electron chi connectivity index (χ1n) is 13.2. The molecular weight excluding hydrogens is 528 g/mol. The molecule has 4 aromatic rings. The molecule has 0 spiro atoms. The molecule has 7 heteroatoms. The van der Waals surface area contributed by atoms with E-state index in [1.807, 2.05) is 71.0 Å². The van der Waals surface area contributed by atoms with Crippen LogP contribution in [0.3, 0.4) is 0 Å². The summed E-state index contributed by atoms with van der Waals surface area (Å²) in [6.45, 7) is 10.9. The molecule has 0 aliphatic rings. The quantitative estimate of drug-likeness (QED) is 0.150. The van der Waals surface area contributed by atoms with Gasteiger partial charge in [0.15, 0.2) is 11.5 Å². The highest BCUT2D eigenvalue weighted by atomic mass is 35.5. The van der Waals surface area contributed by atoms with E-state index in [2.05, 4.69) is 0 Å². The van der Waals surface area contributed by atoms with Crippen molar-refractivity contribution in [3.63, 3.8) is 0 Å². The summed E-state index contributed by atoms with van der Waals surface area (Å²) in [6.07, 6.45) is 1.42. The lowest BCUT2D eigenvalue weighted by Gasteiger charge is -2.25. The average Bonchev–Trinajstić information content (AvgIpc) is 2.87. The number of benzene rings is 4.